The summed E-state index contributed by atoms with van der Waals surface area (Å²) in [4.78, 5) is 39.6. The number of sulfone groups is 2. The van der Waals surface area contributed by atoms with Crippen LogP contribution in [0.15, 0.2) is 165 Å². The molecule has 0 spiro atoms. The Morgan fingerprint density at radius 1 is 0.409 bits per heavy atom. The van der Waals surface area contributed by atoms with E-state index >= 15 is 0 Å². The number of hydrogen-bond donors (Lipinski definition) is 0. The molecule has 20 rings (SSSR count). The van der Waals surface area contributed by atoms with E-state index in [-0.39, 0.29) is 36.0 Å². The summed E-state index contributed by atoms with van der Waals surface area (Å²) >= 11 is 0. The Balaban J connectivity index is 0.000000152. The first-order valence-corrected chi connectivity index (χ1v) is 65.9. The maximum atomic E-state index is 14.6. The quantitative estimate of drug-likeness (QED) is 0.0162. The molecule has 17 nitrogen and oxygen atoms in total. The number of carbonyl (C=O) groups is 3. The molecule has 8 aliphatic carbocycles. The highest BCUT2D eigenvalue weighted by Crippen LogP contribution is 2.63. The van der Waals surface area contributed by atoms with Gasteiger partial charge in [0, 0.05) is 112 Å². The van der Waals surface area contributed by atoms with E-state index in [2.05, 4.69) is 166 Å². The number of esters is 2. The second-order valence-corrected chi connectivity index (χ2v) is 57.5. The molecule has 12 fully saturated rings. The number of halogens is 4. The average Bonchev–Trinajstić information content (AvgIpc) is 1.30. The van der Waals surface area contributed by atoms with Crippen LogP contribution >= 0.6 is 0 Å². The highest BCUT2D eigenvalue weighted by Gasteiger charge is 2.55. The van der Waals surface area contributed by atoms with Crippen molar-refractivity contribution in [3.05, 3.63) is 146 Å². The average molecular weight is 2180 g/mol. The molecule has 4 atom stereocenters. The maximum absolute atomic E-state index is 14.6. The lowest BCUT2D eigenvalue weighted by Gasteiger charge is -2.57. The smallest absolute Gasteiger partial charge is 0.343 e. The number of ether oxygens (including phenoxy) is 10. The highest BCUT2D eigenvalue weighted by molar-refractivity contribution is 7.98. The zero-order chi connectivity index (χ0) is 106. The molecule has 8 aromatic carbocycles. The standard InChI is InChI=1S/C21H27O2S.3C18H23O2S.C16H25FO2.C11H19FO3S.C11H19FO2.C9H17FO2S/c1-2-6-17(7-3-1)16-23-20-10-11-21(24-14-12-22-13-15-24)19-9-5-4-8-18(19)20;3*1-2-3-10-20-17-8-9-18(21-13-11-19-12-14-21)16-7-5-4-6-15(16)17;1-3-14(18)19-15(2,17)10-16-7-11-4-12(8-16)6-13(5-11)9-16;1-9(13)8-11(2,12)16(14,15)10-6-4-3-5-7-10;1-3-11(2,12)10(13)14-9-7-5-4-6-8-9;1-3-13(11,12)9(2,10)8-6-4-5-7-8/h4-5,8-11,17H,1-3,6-7,12-16H2;3*4-9H,2-3,10-14H2,1H3;11-13H,3-10H2,1-2H3;10H,3-8H2,1-2H3;9H,3-8H2,1-2H3;8H,3-7H2,1-2H3/q4*+1;;;;. The van der Waals surface area contributed by atoms with E-state index in [0.717, 1.165) is 275 Å². The summed E-state index contributed by atoms with van der Waals surface area (Å²) in [5.41, 5.74) is -1.69. The molecule has 0 amide bonds. The van der Waals surface area contributed by atoms with Gasteiger partial charge in [0.25, 0.3) is 0 Å². The first-order valence-electron chi connectivity index (χ1n) is 56.5. The molecule has 826 valence electrons. The van der Waals surface area contributed by atoms with Gasteiger partial charge >= 0.3 is 11.9 Å². The SMILES string of the molecule is CC(=O)CC(C)(F)S(=O)(=O)C1CCCCC1.CCC(=O)OC(C)(F)CC12CC3CC(CC(C3)C1)C2.CCC(C)(F)C(=O)OC1CCCCC1.CCCCOc1ccc([S+]2CCOCC2)c2ccccc12.CCCCOc1ccc([S+]2CCOCC2)c2ccccc12.CCCCOc1ccc([S+]2CCOCC2)c2ccccc12.CCS(=O)(=O)C(C)(F)C1CCCC1.c1ccc2c([S+]3CCOCC3)ccc(OCC3CCCCC3)c2c1. The van der Waals surface area contributed by atoms with Crippen LogP contribution in [0.1, 0.15) is 301 Å². The van der Waals surface area contributed by atoms with Crippen molar-refractivity contribution in [2.75, 3.05) is 131 Å². The van der Waals surface area contributed by atoms with Gasteiger partial charge in [-0.15, -0.1) is 0 Å². The van der Waals surface area contributed by atoms with Crippen molar-refractivity contribution < 1.29 is 96.1 Å². The van der Waals surface area contributed by atoms with E-state index in [1.807, 2.05) is 0 Å². The second-order valence-electron chi connectivity index (χ2n) is 43.3. The number of unbranched alkanes of at least 4 members (excludes halogenated alkanes) is 3. The summed E-state index contributed by atoms with van der Waals surface area (Å²) in [6, 6.07) is 52.6. The molecule has 0 aromatic heterocycles. The Morgan fingerprint density at radius 2 is 0.732 bits per heavy atom. The van der Waals surface area contributed by atoms with Crippen molar-refractivity contribution in [3.63, 3.8) is 0 Å². The second kappa shape index (κ2) is 60.1. The molecular formula is C122H176F4O17S6+4. The lowest BCUT2D eigenvalue weighted by atomic mass is 9.48. The fourth-order valence-corrected chi connectivity index (χ4v) is 34.9. The summed E-state index contributed by atoms with van der Waals surface area (Å²) in [5, 5.41) is 5.49. The third-order valence-electron chi connectivity index (χ3n) is 31.5. The van der Waals surface area contributed by atoms with E-state index in [4.69, 9.17) is 47.4 Å². The largest absolute Gasteiger partial charge is 0.493 e. The van der Waals surface area contributed by atoms with Crippen LogP contribution in [0, 0.1) is 35.0 Å². The predicted molar refractivity (Wildman–Crippen MR) is 609 cm³/mol. The lowest BCUT2D eigenvalue weighted by Crippen LogP contribution is -2.49. The first-order chi connectivity index (χ1) is 71.8. The molecule has 4 heterocycles. The maximum Gasteiger partial charge on any atom is 0.343 e. The van der Waals surface area contributed by atoms with Crippen LogP contribution in [-0.2, 0) is 106 Å². The topological polar surface area (TPSA) is 212 Å². The number of ketones is 1. The monoisotopic (exact) mass is 2180 g/mol. The van der Waals surface area contributed by atoms with Crippen molar-refractivity contribution in [2.24, 2.45) is 35.0 Å². The number of hydrogen-bond acceptors (Lipinski definition) is 17. The number of rotatable bonds is 33. The minimum absolute atomic E-state index is 0.0436. The van der Waals surface area contributed by atoms with Crippen LogP contribution < -0.4 is 18.9 Å². The third kappa shape index (κ3) is 35.2. The first kappa shape index (κ1) is 121. The van der Waals surface area contributed by atoms with Gasteiger partial charge < -0.3 is 47.4 Å². The van der Waals surface area contributed by atoms with E-state index in [9.17, 15) is 48.8 Å². The number of benzene rings is 8. The summed E-state index contributed by atoms with van der Waals surface area (Å²) in [5.74, 6) is 12.9. The summed E-state index contributed by atoms with van der Waals surface area (Å²) in [6.45, 7) is 28.1. The molecule has 149 heavy (non-hydrogen) atoms. The van der Waals surface area contributed by atoms with Crippen molar-refractivity contribution >= 4 is 124 Å². The molecule has 4 unspecified atom stereocenters. The van der Waals surface area contributed by atoms with E-state index in [1.165, 1.54) is 174 Å². The molecule has 27 heteroatoms. The molecule has 4 bridgehead atoms. The molecule has 0 radical (unpaired) electrons. The normalized spacial score (nSPS) is 22.3. The van der Waals surface area contributed by atoms with Gasteiger partial charge in [0.1, 0.15) is 80.9 Å². The molecule has 8 aromatic rings. The van der Waals surface area contributed by atoms with Gasteiger partial charge in [0.05, 0.1) is 96.7 Å². The Hall–Kier alpha value is -6.53. The molecule has 4 aliphatic heterocycles. The van der Waals surface area contributed by atoms with Gasteiger partial charge in [0.2, 0.25) is 21.5 Å². The Morgan fingerprint density at radius 3 is 1.05 bits per heavy atom. The Kier molecular flexibility index (Phi) is 48.9. The van der Waals surface area contributed by atoms with Crippen molar-refractivity contribution in [1.29, 1.82) is 0 Å². The molecule has 12 aliphatic rings. The van der Waals surface area contributed by atoms with Crippen LogP contribution in [0.2, 0.25) is 0 Å². The lowest BCUT2D eigenvalue weighted by molar-refractivity contribution is -0.195. The van der Waals surface area contributed by atoms with Gasteiger partial charge in [-0.25, -0.2) is 34.8 Å². The number of Topliss-reactive ketones (excluding diaryl/α,β-unsaturated/α-hetero) is 1. The summed E-state index contributed by atoms with van der Waals surface area (Å²) < 4.78 is 159. The van der Waals surface area contributed by atoms with Crippen LogP contribution in [0.3, 0.4) is 0 Å². The Bertz CT molecular complexity index is 5360. The van der Waals surface area contributed by atoms with E-state index in [1.54, 1.807) is 13.8 Å². The third-order valence-corrected chi connectivity index (χ3v) is 45.7. The molecule has 8 saturated carbocycles. The number of alkyl halides is 4. The van der Waals surface area contributed by atoms with E-state index in [0.29, 0.717) is 75.7 Å². The van der Waals surface area contributed by atoms with Crippen LogP contribution in [0.5, 0.6) is 23.0 Å². The molecule has 0 N–H and O–H groups in total. The van der Waals surface area contributed by atoms with Gasteiger partial charge in [-0.1, -0.05) is 191 Å². The summed E-state index contributed by atoms with van der Waals surface area (Å²) in [6.07, 6.45) is 33.7. The Labute approximate surface area is 901 Å². The van der Waals surface area contributed by atoms with Gasteiger partial charge in [-0.05, 0) is 258 Å². The fourth-order valence-electron chi connectivity index (χ4n) is 23.4. The highest BCUT2D eigenvalue weighted by atomic mass is 32.2. The van der Waals surface area contributed by atoms with Gasteiger partial charge in [-0.2, -0.15) is 4.39 Å². The zero-order valence-corrected chi connectivity index (χ0v) is 96.3. The molecular weight excluding hydrogens is 2010 g/mol. The van der Waals surface area contributed by atoms with Crippen LogP contribution in [0.25, 0.3) is 43.1 Å². The number of fused-ring (bicyclic) bond motifs is 4. The van der Waals surface area contributed by atoms with Crippen molar-refractivity contribution in [1.82, 2.24) is 0 Å². The van der Waals surface area contributed by atoms with Gasteiger partial charge in [-0.3, -0.25) is 9.59 Å². The van der Waals surface area contributed by atoms with Crippen molar-refractivity contribution in [3.8, 4) is 23.0 Å². The summed E-state index contributed by atoms with van der Waals surface area (Å²) in [7, 11) is -6.11. The minimum Gasteiger partial charge on any atom is -0.493 e. The van der Waals surface area contributed by atoms with Crippen LogP contribution in [0.4, 0.5) is 17.6 Å². The van der Waals surface area contributed by atoms with Gasteiger partial charge in [0.15, 0.2) is 39.3 Å². The van der Waals surface area contributed by atoms with E-state index < -0.39 is 70.6 Å². The fraction of sp³-hybridized carbons (Fsp3) is 0.648. The molecule has 4 saturated heterocycles. The predicted octanol–water partition coefficient (Wildman–Crippen LogP) is 28.8. The number of carbonyl (C=O) groups excluding carboxylic acids is 3. The van der Waals surface area contributed by atoms with Crippen LogP contribution in [-0.4, -0.2) is 198 Å². The van der Waals surface area contributed by atoms with Crippen molar-refractivity contribution in [2.45, 2.75) is 353 Å². The zero-order valence-electron chi connectivity index (χ0n) is 91.4. The minimum atomic E-state index is -3.84.